The molecule has 0 aromatic heterocycles. The highest BCUT2D eigenvalue weighted by Crippen LogP contribution is 2.59. The molecule has 2 nitrogen and oxygen atoms in total. The van der Waals surface area contributed by atoms with Crippen LogP contribution < -0.4 is 0 Å². The van der Waals surface area contributed by atoms with E-state index in [1.807, 2.05) is 6.08 Å². The Bertz CT molecular complexity index is 381. The molecular weight excluding hydrogens is 203 g/mol. The van der Waals surface area contributed by atoms with Crippen molar-refractivity contribution >= 4 is 10.2 Å². The number of halogens is 1. The van der Waals surface area contributed by atoms with E-state index in [1.54, 1.807) is 0 Å². The third kappa shape index (κ3) is 1.49. The fraction of sp³-hybridized carbons (Fsp3) is 0.800. The van der Waals surface area contributed by atoms with Crippen LogP contribution in [0.4, 0.5) is 3.89 Å². The Hall–Kier alpha value is -0.380. The summed E-state index contributed by atoms with van der Waals surface area (Å²) in [6, 6.07) is 0. The molecule has 0 saturated heterocycles. The van der Waals surface area contributed by atoms with E-state index in [1.165, 1.54) is 0 Å². The quantitative estimate of drug-likeness (QED) is 0.526. The second-order valence-corrected chi connectivity index (χ2v) is 6.37. The molecule has 0 aromatic rings. The average molecular weight is 218 g/mol. The van der Waals surface area contributed by atoms with Gasteiger partial charge in [0.15, 0.2) is 0 Å². The lowest BCUT2D eigenvalue weighted by atomic mass is 9.49. The lowest BCUT2D eigenvalue weighted by Gasteiger charge is -2.56. The minimum Gasteiger partial charge on any atom is -0.195 e. The SMILES string of the molecule is CC1(C)C2CC=C(CS(=O)(=O)F)C1C2. The Balaban J connectivity index is 2.19. The van der Waals surface area contributed by atoms with Crippen LogP contribution in [0.25, 0.3) is 0 Å². The van der Waals surface area contributed by atoms with Crippen molar-refractivity contribution in [2.24, 2.45) is 17.3 Å². The molecule has 1 fully saturated rings. The minimum atomic E-state index is -4.35. The second kappa shape index (κ2) is 2.81. The summed E-state index contributed by atoms with van der Waals surface area (Å²) in [5, 5.41) is 0. The van der Waals surface area contributed by atoms with Gasteiger partial charge in [0.1, 0.15) is 5.75 Å². The van der Waals surface area contributed by atoms with Crippen LogP contribution in [0.2, 0.25) is 0 Å². The zero-order valence-electron chi connectivity index (χ0n) is 8.46. The van der Waals surface area contributed by atoms with Crippen molar-refractivity contribution in [1.82, 2.24) is 0 Å². The van der Waals surface area contributed by atoms with Crippen LogP contribution in [0.3, 0.4) is 0 Å². The van der Waals surface area contributed by atoms with E-state index in [0.717, 1.165) is 18.4 Å². The first-order valence-corrected chi connectivity index (χ1v) is 6.47. The van der Waals surface area contributed by atoms with Crippen molar-refractivity contribution < 1.29 is 12.3 Å². The third-order valence-electron chi connectivity index (χ3n) is 3.92. The van der Waals surface area contributed by atoms with E-state index in [4.69, 9.17) is 0 Å². The highest BCUT2D eigenvalue weighted by Gasteiger charge is 2.51. The van der Waals surface area contributed by atoms with Gasteiger partial charge in [0, 0.05) is 0 Å². The number of hydrogen-bond donors (Lipinski definition) is 0. The zero-order valence-corrected chi connectivity index (χ0v) is 9.27. The number of rotatable bonds is 2. The Labute approximate surface area is 84.4 Å². The van der Waals surface area contributed by atoms with Gasteiger partial charge < -0.3 is 0 Å². The number of allylic oxidation sites excluding steroid dienone is 1. The molecule has 1 saturated carbocycles. The fourth-order valence-electron chi connectivity index (χ4n) is 2.84. The lowest BCUT2D eigenvalue weighted by molar-refractivity contribution is -0.00555. The Kier molecular flexibility index (Phi) is 2.04. The van der Waals surface area contributed by atoms with Gasteiger partial charge in [-0.3, -0.25) is 0 Å². The van der Waals surface area contributed by atoms with Gasteiger partial charge >= 0.3 is 10.2 Å². The maximum Gasteiger partial charge on any atom is 0.306 e. The Morgan fingerprint density at radius 3 is 2.64 bits per heavy atom. The fourth-order valence-corrected chi connectivity index (χ4v) is 3.56. The second-order valence-electron chi connectivity index (χ2n) is 5.00. The molecule has 0 N–H and O–H groups in total. The van der Waals surface area contributed by atoms with Crippen LogP contribution in [0.5, 0.6) is 0 Å². The van der Waals surface area contributed by atoms with Gasteiger partial charge in [-0.15, -0.1) is 3.89 Å². The topological polar surface area (TPSA) is 34.1 Å². The number of fused-ring (bicyclic) bond motifs is 1. The van der Waals surface area contributed by atoms with Gasteiger partial charge in [-0.25, -0.2) is 0 Å². The van der Waals surface area contributed by atoms with Crippen LogP contribution in [-0.2, 0) is 10.2 Å². The van der Waals surface area contributed by atoms with E-state index in [-0.39, 0.29) is 11.3 Å². The van der Waals surface area contributed by atoms with Gasteiger partial charge in [-0.05, 0) is 30.1 Å². The van der Waals surface area contributed by atoms with E-state index in [9.17, 15) is 12.3 Å². The molecule has 0 aromatic carbocycles. The summed E-state index contributed by atoms with van der Waals surface area (Å²) in [6.07, 6.45) is 3.86. The standard InChI is InChI=1S/C10H15FO2S/c1-10(2)8-4-3-7(9(10)5-8)6-14(11,12)13/h3,8-9H,4-6H2,1-2H3. The smallest absolute Gasteiger partial charge is 0.195 e. The molecule has 3 aliphatic carbocycles. The monoisotopic (exact) mass is 218 g/mol. The summed E-state index contributed by atoms with van der Waals surface area (Å²) in [4.78, 5) is 0. The highest BCUT2D eigenvalue weighted by atomic mass is 32.3. The van der Waals surface area contributed by atoms with E-state index >= 15 is 0 Å². The molecular formula is C10H15FO2S. The van der Waals surface area contributed by atoms with Crippen molar-refractivity contribution in [3.8, 4) is 0 Å². The molecule has 14 heavy (non-hydrogen) atoms. The van der Waals surface area contributed by atoms with Crippen LogP contribution in [-0.4, -0.2) is 14.2 Å². The third-order valence-corrected chi connectivity index (χ3v) is 4.60. The van der Waals surface area contributed by atoms with Gasteiger partial charge in [-0.2, -0.15) is 8.42 Å². The van der Waals surface area contributed by atoms with Gasteiger partial charge in [0.05, 0.1) is 0 Å². The van der Waals surface area contributed by atoms with E-state index in [0.29, 0.717) is 5.92 Å². The van der Waals surface area contributed by atoms with Gasteiger partial charge in [0.2, 0.25) is 0 Å². The summed E-state index contributed by atoms with van der Waals surface area (Å²) in [6.45, 7) is 4.29. The van der Waals surface area contributed by atoms with Crippen molar-refractivity contribution in [2.45, 2.75) is 26.7 Å². The predicted octanol–water partition coefficient (Wildman–Crippen LogP) is 2.28. The number of hydrogen-bond acceptors (Lipinski definition) is 2. The first-order chi connectivity index (χ1) is 6.31. The molecule has 0 radical (unpaired) electrons. The largest absolute Gasteiger partial charge is 0.306 e. The summed E-state index contributed by atoms with van der Waals surface area (Å²) in [7, 11) is -4.35. The summed E-state index contributed by atoms with van der Waals surface area (Å²) >= 11 is 0. The molecule has 2 atom stereocenters. The summed E-state index contributed by atoms with van der Waals surface area (Å²) in [5.41, 5.74) is 0.967. The molecule has 0 spiro atoms. The summed E-state index contributed by atoms with van der Waals surface area (Å²) < 4.78 is 33.7. The van der Waals surface area contributed by atoms with Gasteiger partial charge in [0.25, 0.3) is 0 Å². The van der Waals surface area contributed by atoms with Crippen molar-refractivity contribution in [3.63, 3.8) is 0 Å². The van der Waals surface area contributed by atoms with E-state index < -0.39 is 16.0 Å². The van der Waals surface area contributed by atoms with Crippen LogP contribution in [0.1, 0.15) is 26.7 Å². The van der Waals surface area contributed by atoms with Crippen LogP contribution in [0, 0.1) is 17.3 Å². The maximum atomic E-state index is 12.5. The normalized spacial score (nSPS) is 34.6. The maximum absolute atomic E-state index is 12.5. The predicted molar refractivity (Wildman–Crippen MR) is 53.0 cm³/mol. The molecule has 0 heterocycles. The van der Waals surface area contributed by atoms with Crippen LogP contribution >= 0.6 is 0 Å². The molecule has 0 amide bonds. The van der Waals surface area contributed by atoms with Crippen molar-refractivity contribution in [2.75, 3.05) is 5.75 Å². The Morgan fingerprint density at radius 2 is 2.21 bits per heavy atom. The first kappa shape index (κ1) is 10.1. The minimum absolute atomic E-state index is 0.175. The van der Waals surface area contributed by atoms with Crippen molar-refractivity contribution in [1.29, 1.82) is 0 Å². The molecule has 0 aliphatic heterocycles. The molecule has 3 rings (SSSR count). The molecule has 2 bridgehead atoms. The lowest BCUT2D eigenvalue weighted by Crippen LogP contribution is -2.48. The Morgan fingerprint density at radius 1 is 1.57 bits per heavy atom. The zero-order chi connectivity index (χ0) is 10.6. The first-order valence-electron chi connectivity index (χ1n) is 4.92. The highest BCUT2D eigenvalue weighted by molar-refractivity contribution is 7.86. The summed E-state index contributed by atoms with van der Waals surface area (Å²) in [5.74, 6) is 0.554. The van der Waals surface area contributed by atoms with Gasteiger partial charge in [-0.1, -0.05) is 25.5 Å². The molecule has 3 aliphatic rings. The van der Waals surface area contributed by atoms with Crippen molar-refractivity contribution in [3.05, 3.63) is 11.6 Å². The molecule has 4 heteroatoms. The van der Waals surface area contributed by atoms with Crippen LogP contribution in [0.15, 0.2) is 11.6 Å². The molecule has 2 unspecified atom stereocenters. The average Bonchev–Trinajstić information content (AvgIpc) is 2.00. The van der Waals surface area contributed by atoms with E-state index in [2.05, 4.69) is 13.8 Å². The molecule has 80 valence electrons.